The zero-order valence-electron chi connectivity index (χ0n) is 9.07. The molecule has 1 aliphatic rings. The molecule has 0 aromatic carbocycles. The standard InChI is InChI=1S/C11H11NO4/c1-6-5-8-11(7(2)12-6)16-10(14)4-3-9(13)15-8/h5H,3-4H2,1-2H3. The number of hydrogen-bond acceptors (Lipinski definition) is 5. The van der Waals surface area contributed by atoms with Gasteiger partial charge in [0.1, 0.15) is 0 Å². The summed E-state index contributed by atoms with van der Waals surface area (Å²) in [7, 11) is 0. The van der Waals surface area contributed by atoms with Gasteiger partial charge in [-0.1, -0.05) is 0 Å². The summed E-state index contributed by atoms with van der Waals surface area (Å²) in [5, 5.41) is 0. The maximum atomic E-state index is 11.3. The fourth-order valence-electron chi connectivity index (χ4n) is 1.52. The first-order valence-corrected chi connectivity index (χ1v) is 4.96. The SMILES string of the molecule is Cc1cc2c(c(C)n1)OC(=O)CCC(=O)O2. The van der Waals surface area contributed by atoms with Gasteiger partial charge in [-0.25, -0.2) is 0 Å². The molecule has 1 aromatic rings. The summed E-state index contributed by atoms with van der Waals surface area (Å²) in [6.45, 7) is 3.48. The van der Waals surface area contributed by atoms with E-state index in [2.05, 4.69) is 4.98 Å². The molecule has 0 saturated carbocycles. The average molecular weight is 221 g/mol. The van der Waals surface area contributed by atoms with Crippen molar-refractivity contribution in [3.63, 3.8) is 0 Å². The number of fused-ring (bicyclic) bond motifs is 1. The van der Waals surface area contributed by atoms with E-state index in [1.165, 1.54) is 0 Å². The van der Waals surface area contributed by atoms with Crippen LogP contribution in [0.2, 0.25) is 0 Å². The molecule has 1 aliphatic heterocycles. The second kappa shape index (κ2) is 3.92. The molecule has 2 heterocycles. The lowest BCUT2D eigenvalue weighted by molar-refractivity contribution is -0.142. The number of rotatable bonds is 0. The number of esters is 2. The van der Waals surface area contributed by atoms with Gasteiger partial charge in [0.15, 0.2) is 11.5 Å². The normalized spacial score (nSPS) is 15.6. The Hall–Kier alpha value is -1.91. The minimum atomic E-state index is -0.438. The lowest BCUT2D eigenvalue weighted by Gasteiger charge is -2.15. The molecule has 0 spiro atoms. The highest BCUT2D eigenvalue weighted by Crippen LogP contribution is 2.32. The second-order valence-electron chi connectivity index (χ2n) is 3.62. The van der Waals surface area contributed by atoms with E-state index in [9.17, 15) is 9.59 Å². The third-order valence-electron chi connectivity index (χ3n) is 2.21. The Morgan fingerprint density at radius 1 is 1.12 bits per heavy atom. The molecule has 0 unspecified atom stereocenters. The fraction of sp³-hybridized carbons (Fsp3) is 0.364. The molecule has 0 bridgehead atoms. The predicted molar refractivity (Wildman–Crippen MR) is 54.2 cm³/mol. The summed E-state index contributed by atoms with van der Waals surface area (Å²) in [6.07, 6.45) is 0.0737. The first kappa shape index (κ1) is 10.6. The van der Waals surface area contributed by atoms with Gasteiger partial charge in [0, 0.05) is 11.8 Å². The minimum absolute atomic E-state index is 0.0333. The van der Waals surface area contributed by atoms with Crippen molar-refractivity contribution in [1.29, 1.82) is 0 Å². The van der Waals surface area contributed by atoms with Crippen molar-refractivity contribution in [2.75, 3.05) is 0 Å². The van der Waals surface area contributed by atoms with Crippen LogP contribution in [-0.2, 0) is 9.59 Å². The lowest BCUT2D eigenvalue weighted by atomic mass is 10.2. The van der Waals surface area contributed by atoms with Gasteiger partial charge >= 0.3 is 11.9 Å². The molecular formula is C11H11NO4. The number of aryl methyl sites for hydroxylation is 2. The topological polar surface area (TPSA) is 65.5 Å². The fourth-order valence-corrected chi connectivity index (χ4v) is 1.52. The Balaban J connectivity index is 2.50. The Kier molecular flexibility index (Phi) is 2.60. The second-order valence-corrected chi connectivity index (χ2v) is 3.62. The van der Waals surface area contributed by atoms with Crippen LogP contribution in [0, 0.1) is 13.8 Å². The third kappa shape index (κ3) is 2.03. The van der Waals surface area contributed by atoms with Crippen molar-refractivity contribution in [3.05, 3.63) is 17.5 Å². The van der Waals surface area contributed by atoms with Crippen molar-refractivity contribution in [2.45, 2.75) is 26.7 Å². The van der Waals surface area contributed by atoms with Crippen LogP contribution in [0.4, 0.5) is 0 Å². The molecule has 84 valence electrons. The van der Waals surface area contributed by atoms with Gasteiger partial charge in [-0.05, 0) is 13.8 Å². The van der Waals surface area contributed by atoms with E-state index in [4.69, 9.17) is 9.47 Å². The highest BCUT2D eigenvalue weighted by Gasteiger charge is 2.21. The van der Waals surface area contributed by atoms with E-state index in [0.717, 1.165) is 0 Å². The van der Waals surface area contributed by atoms with E-state index < -0.39 is 11.9 Å². The number of nitrogens with zero attached hydrogens (tertiary/aromatic N) is 1. The molecule has 16 heavy (non-hydrogen) atoms. The third-order valence-corrected chi connectivity index (χ3v) is 2.21. The average Bonchev–Trinajstić information content (AvgIpc) is 2.18. The maximum absolute atomic E-state index is 11.3. The monoisotopic (exact) mass is 221 g/mol. The number of aromatic nitrogens is 1. The van der Waals surface area contributed by atoms with Crippen molar-refractivity contribution in [3.8, 4) is 11.5 Å². The summed E-state index contributed by atoms with van der Waals surface area (Å²) in [5.74, 6) is -0.360. The van der Waals surface area contributed by atoms with Gasteiger partial charge in [-0.2, -0.15) is 0 Å². The van der Waals surface area contributed by atoms with Crippen molar-refractivity contribution in [2.24, 2.45) is 0 Å². The van der Waals surface area contributed by atoms with Crippen LogP contribution < -0.4 is 9.47 Å². The predicted octanol–water partition coefficient (Wildman–Crippen LogP) is 1.30. The van der Waals surface area contributed by atoms with Crippen LogP contribution in [0.25, 0.3) is 0 Å². The summed E-state index contributed by atoms with van der Waals surface area (Å²) >= 11 is 0. The summed E-state index contributed by atoms with van der Waals surface area (Å²) in [4.78, 5) is 26.8. The van der Waals surface area contributed by atoms with E-state index in [0.29, 0.717) is 11.4 Å². The van der Waals surface area contributed by atoms with Crippen LogP contribution >= 0.6 is 0 Å². The zero-order chi connectivity index (χ0) is 11.7. The van der Waals surface area contributed by atoms with E-state index in [1.807, 2.05) is 0 Å². The Morgan fingerprint density at radius 3 is 2.44 bits per heavy atom. The largest absolute Gasteiger partial charge is 0.422 e. The Bertz CT molecular complexity index is 467. The van der Waals surface area contributed by atoms with Crippen LogP contribution in [0.1, 0.15) is 24.2 Å². The van der Waals surface area contributed by atoms with Gasteiger partial charge < -0.3 is 9.47 Å². The molecule has 5 nitrogen and oxygen atoms in total. The summed E-state index contributed by atoms with van der Waals surface area (Å²) in [6, 6.07) is 1.58. The molecule has 0 fully saturated rings. The smallest absolute Gasteiger partial charge is 0.311 e. The van der Waals surface area contributed by atoms with Gasteiger partial charge in [-0.3, -0.25) is 14.6 Å². The number of carbonyl (C=O) groups is 2. The first-order chi connectivity index (χ1) is 7.56. The summed E-state index contributed by atoms with van der Waals surface area (Å²) < 4.78 is 10.2. The van der Waals surface area contributed by atoms with Crippen LogP contribution in [-0.4, -0.2) is 16.9 Å². The zero-order valence-corrected chi connectivity index (χ0v) is 9.07. The first-order valence-electron chi connectivity index (χ1n) is 4.96. The minimum Gasteiger partial charge on any atom is -0.422 e. The van der Waals surface area contributed by atoms with Crippen molar-refractivity contribution < 1.29 is 19.1 Å². The highest BCUT2D eigenvalue weighted by atomic mass is 16.6. The van der Waals surface area contributed by atoms with E-state index >= 15 is 0 Å². The number of pyridine rings is 1. The van der Waals surface area contributed by atoms with E-state index in [1.54, 1.807) is 19.9 Å². The molecule has 0 radical (unpaired) electrons. The molecule has 0 N–H and O–H groups in total. The Morgan fingerprint density at radius 2 is 1.75 bits per heavy atom. The van der Waals surface area contributed by atoms with Crippen LogP contribution in [0.3, 0.4) is 0 Å². The lowest BCUT2D eigenvalue weighted by Crippen LogP contribution is -2.19. The molecule has 0 amide bonds. The molecule has 0 aliphatic carbocycles. The maximum Gasteiger partial charge on any atom is 0.311 e. The molecule has 0 saturated heterocycles. The number of hydrogen-bond donors (Lipinski definition) is 0. The van der Waals surface area contributed by atoms with Crippen LogP contribution in [0.5, 0.6) is 11.5 Å². The van der Waals surface area contributed by atoms with Gasteiger partial charge in [-0.15, -0.1) is 0 Å². The Labute approximate surface area is 92.4 Å². The van der Waals surface area contributed by atoms with Gasteiger partial charge in [0.05, 0.1) is 18.5 Å². The van der Waals surface area contributed by atoms with Crippen LogP contribution in [0.15, 0.2) is 6.07 Å². The molecular weight excluding hydrogens is 210 g/mol. The van der Waals surface area contributed by atoms with Gasteiger partial charge in [0.2, 0.25) is 0 Å². The van der Waals surface area contributed by atoms with Crippen molar-refractivity contribution in [1.82, 2.24) is 4.98 Å². The number of ether oxygens (including phenoxy) is 2. The summed E-state index contributed by atoms with van der Waals surface area (Å²) in [5.41, 5.74) is 1.25. The van der Waals surface area contributed by atoms with Crippen molar-refractivity contribution >= 4 is 11.9 Å². The van der Waals surface area contributed by atoms with E-state index in [-0.39, 0.29) is 24.3 Å². The van der Waals surface area contributed by atoms with Gasteiger partial charge in [0.25, 0.3) is 0 Å². The molecule has 2 rings (SSSR count). The quantitative estimate of drug-likeness (QED) is 0.618. The molecule has 0 atom stereocenters. The number of carbonyl (C=O) groups excluding carboxylic acids is 2. The molecule has 1 aromatic heterocycles. The molecule has 5 heteroatoms. The highest BCUT2D eigenvalue weighted by molar-refractivity contribution is 5.83.